The largest absolute Gasteiger partial charge is 0.456 e. The van der Waals surface area contributed by atoms with Crippen LogP contribution in [0.2, 0.25) is 0 Å². The molecule has 0 saturated carbocycles. The Morgan fingerprint density at radius 3 is 3.00 bits per heavy atom. The number of para-hydroxylation sites is 1. The number of rotatable bonds is 4. The highest BCUT2D eigenvalue weighted by Crippen LogP contribution is 2.27. The zero-order valence-electron chi connectivity index (χ0n) is 10.9. The number of aromatic nitrogens is 1. The van der Waals surface area contributed by atoms with Crippen LogP contribution in [-0.4, -0.2) is 4.98 Å². The number of thiazole rings is 1. The van der Waals surface area contributed by atoms with E-state index in [4.69, 9.17) is 10.3 Å². The first-order valence-electron chi connectivity index (χ1n) is 6.22. The van der Waals surface area contributed by atoms with Gasteiger partial charge >= 0.3 is 0 Å². The minimum absolute atomic E-state index is 0.233. The highest BCUT2D eigenvalue weighted by atomic mass is 32.1. The summed E-state index contributed by atoms with van der Waals surface area (Å²) in [5.41, 5.74) is 3.91. The molecule has 0 saturated heterocycles. The van der Waals surface area contributed by atoms with Gasteiger partial charge in [-0.3, -0.25) is 5.84 Å². The first-order chi connectivity index (χ1) is 9.67. The maximum absolute atomic E-state index is 13.6. The molecule has 0 aliphatic rings. The minimum atomic E-state index is -0.367. The molecule has 4 nitrogen and oxygen atoms in total. The van der Waals surface area contributed by atoms with Gasteiger partial charge in [0.2, 0.25) is 0 Å². The Morgan fingerprint density at radius 2 is 2.35 bits per heavy atom. The fourth-order valence-electron chi connectivity index (χ4n) is 2.17. The number of fused-ring (bicyclic) bond motifs is 1. The van der Waals surface area contributed by atoms with Gasteiger partial charge in [-0.15, -0.1) is 11.3 Å². The second-order valence-corrected chi connectivity index (χ2v) is 5.65. The Balaban J connectivity index is 1.92. The van der Waals surface area contributed by atoms with E-state index in [-0.39, 0.29) is 17.4 Å². The Bertz CT molecular complexity index is 737. The van der Waals surface area contributed by atoms with Crippen molar-refractivity contribution in [2.24, 2.45) is 5.84 Å². The highest BCUT2D eigenvalue weighted by Gasteiger charge is 2.18. The van der Waals surface area contributed by atoms with Gasteiger partial charge < -0.3 is 4.42 Å². The van der Waals surface area contributed by atoms with Crippen LogP contribution < -0.4 is 11.3 Å². The van der Waals surface area contributed by atoms with E-state index < -0.39 is 0 Å². The summed E-state index contributed by atoms with van der Waals surface area (Å²) in [6, 6.07) is 6.42. The fraction of sp³-hybridized carbons (Fsp3) is 0.214. The molecular weight excluding hydrogens is 277 g/mol. The zero-order chi connectivity index (χ0) is 14.1. The second kappa shape index (κ2) is 5.32. The standard InChI is InChI=1S/C14H14FN3OS/c1-8-17-10(7-20-8)6-12(18-16)13-5-9-3-2-4-11(15)14(9)19-13/h2-5,7,12,18H,6,16H2,1H3. The normalized spacial score (nSPS) is 12.9. The number of halogens is 1. The van der Waals surface area contributed by atoms with E-state index >= 15 is 0 Å². The lowest BCUT2D eigenvalue weighted by atomic mass is 10.1. The van der Waals surface area contributed by atoms with E-state index in [1.54, 1.807) is 17.4 Å². The number of aryl methyl sites for hydroxylation is 1. The van der Waals surface area contributed by atoms with Gasteiger partial charge in [-0.1, -0.05) is 12.1 Å². The van der Waals surface area contributed by atoms with Crippen LogP contribution >= 0.6 is 11.3 Å². The van der Waals surface area contributed by atoms with Crippen LogP contribution in [0.5, 0.6) is 0 Å². The van der Waals surface area contributed by atoms with Crippen molar-refractivity contribution in [1.82, 2.24) is 10.4 Å². The molecule has 0 aliphatic carbocycles. The molecule has 20 heavy (non-hydrogen) atoms. The van der Waals surface area contributed by atoms with Gasteiger partial charge in [0.1, 0.15) is 5.76 Å². The molecule has 6 heteroatoms. The summed E-state index contributed by atoms with van der Waals surface area (Å²) in [5.74, 6) is 5.83. The lowest BCUT2D eigenvalue weighted by Gasteiger charge is -2.11. The van der Waals surface area contributed by atoms with Crippen LogP contribution in [0.25, 0.3) is 11.0 Å². The Labute approximate surface area is 119 Å². The fourth-order valence-corrected chi connectivity index (χ4v) is 2.80. The number of nitrogens with one attached hydrogen (secondary N) is 1. The Morgan fingerprint density at radius 1 is 1.50 bits per heavy atom. The van der Waals surface area contributed by atoms with E-state index in [2.05, 4.69) is 10.4 Å². The van der Waals surface area contributed by atoms with Crippen LogP contribution in [-0.2, 0) is 6.42 Å². The van der Waals surface area contributed by atoms with E-state index in [1.165, 1.54) is 6.07 Å². The van der Waals surface area contributed by atoms with Gasteiger partial charge in [0.15, 0.2) is 11.4 Å². The minimum Gasteiger partial charge on any atom is -0.456 e. The third kappa shape index (κ3) is 2.45. The van der Waals surface area contributed by atoms with Crippen LogP contribution in [0.3, 0.4) is 0 Å². The monoisotopic (exact) mass is 291 g/mol. The first-order valence-corrected chi connectivity index (χ1v) is 7.10. The van der Waals surface area contributed by atoms with Gasteiger partial charge in [-0.2, -0.15) is 0 Å². The van der Waals surface area contributed by atoms with Crippen molar-refractivity contribution >= 4 is 22.3 Å². The van der Waals surface area contributed by atoms with Gasteiger partial charge in [0.25, 0.3) is 0 Å². The Kier molecular flexibility index (Phi) is 3.52. The number of hydrogen-bond acceptors (Lipinski definition) is 5. The van der Waals surface area contributed by atoms with Crippen molar-refractivity contribution in [3.63, 3.8) is 0 Å². The Hall–Kier alpha value is -1.76. The van der Waals surface area contributed by atoms with E-state index in [0.717, 1.165) is 16.1 Å². The molecule has 0 fully saturated rings. The summed E-state index contributed by atoms with van der Waals surface area (Å²) in [6.45, 7) is 1.95. The van der Waals surface area contributed by atoms with Gasteiger partial charge in [-0.25, -0.2) is 14.8 Å². The van der Waals surface area contributed by atoms with Crippen molar-refractivity contribution in [3.8, 4) is 0 Å². The molecule has 2 aromatic heterocycles. The summed E-state index contributed by atoms with van der Waals surface area (Å²) in [5, 5.41) is 3.73. The number of hydrazine groups is 1. The van der Waals surface area contributed by atoms with Crippen molar-refractivity contribution in [3.05, 3.63) is 51.9 Å². The molecule has 1 atom stereocenters. The van der Waals surface area contributed by atoms with Gasteiger partial charge in [-0.05, 0) is 19.1 Å². The summed E-state index contributed by atoms with van der Waals surface area (Å²) >= 11 is 1.59. The molecule has 3 N–H and O–H groups in total. The van der Waals surface area contributed by atoms with Crippen LogP contribution in [0.1, 0.15) is 22.5 Å². The van der Waals surface area contributed by atoms with Crippen LogP contribution in [0, 0.1) is 12.7 Å². The number of nitrogens with zero attached hydrogens (tertiary/aromatic N) is 1. The molecular formula is C14H14FN3OS. The molecule has 3 aromatic rings. The zero-order valence-corrected chi connectivity index (χ0v) is 11.7. The van der Waals surface area contributed by atoms with E-state index in [9.17, 15) is 4.39 Å². The quantitative estimate of drug-likeness (QED) is 0.573. The third-order valence-corrected chi connectivity index (χ3v) is 3.96. The summed E-state index contributed by atoms with van der Waals surface area (Å²) in [6.07, 6.45) is 0.599. The molecule has 1 aromatic carbocycles. The number of furan rings is 1. The smallest absolute Gasteiger partial charge is 0.169 e. The summed E-state index contributed by atoms with van der Waals surface area (Å²) in [7, 11) is 0. The number of hydrogen-bond donors (Lipinski definition) is 2. The average molecular weight is 291 g/mol. The molecule has 3 rings (SSSR count). The second-order valence-electron chi connectivity index (χ2n) is 4.59. The summed E-state index contributed by atoms with van der Waals surface area (Å²) < 4.78 is 19.2. The topological polar surface area (TPSA) is 64.1 Å². The molecule has 0 amide bonds. The maximum Gasteiger partial charge on any atom is 0.169 e. The lowest BCUT2D eigenvalue weighted by molar-refractivity contribution is 0.425. The van der Waals surface area contributed by atoms with Crippen molar-refractivity contribution < 1.29 is 8.81 Å². The van der Waals surface area contributed by atoms with Crippen LogP contribution in [0.15, 0.2) is 34.1 Å². The number of benzene rings is 1. The average Bonchev–Trinajstić information content (AvgIpc) is 3.03. The first kappa shape index (κ1) is 13.2. The molecule has 2 heterocycles. The van der Waals surface area contributed by atoms with Crippen molar-refractivity contribution in [1.29, 1.82) is 0 Å². The molecule has 0 radical (unpaired) electrons. The van der Waals surface area contributed by atoms with Gasteiger partial charge in [0, 0.05) is 17.2 Å². The maximum atomic E-state index is 13.6. The van der Waals surface area contributed by atoms with Crippen LogP contribution in [0.4, 0.5) is 4.39 Å². The van der Waals surface area contributed by atoms with Crippen molar-refractivity contribution in [2.75, 3.05) is 0 Å². The molecule has 1 unspecified atom stereocenters. The summed E-state index contributed by atoms with van der Waals surface area (Å²) in [4.78, 5) is 4.40. The highest BCUT2D eigenvalue weighted by molar-refractivity contribution is 7.09. The molecule has 0 bridgehead atoms. The lowest BCUT2D eigenvalue weighted by Crippen LogP contribution is -2.29. The molecule has 0 aliphatic heterocycles. The van der Waals surface area contributed by atoms with Gasteiger partial charge in [0.05, 0.1) is 16.7 Å². The molecule has 104 valence electrons. The third-order valence-electron chi connectivity index (χ3n) is 3.14. The predicted molar refractivity (Wildman–Crippen MR) is 76.8 cm³/mol. The predicted octanol–water partition coefficient (Wildman–Crippen LogP) is 3.08. The SMILES string of the molecule is Cc1nc(CC(NN)c2cc3cccc(F)c3o2)cs1. The van der Waals surface area contributed by atoms with Crippen molar-refractivity contribution in [2.45, 2.75) is 19.4 Å². The number of nitrogens with two attached hydrogens (primary N) is 1. The van der Waals surface area contributed by atoms with E-state index in [1.807, 2.05) is 24.4 Å². The van der Waals surface area contributed by atoms with E-state index in [0.29, 0.717) is 12.2 Å². The molecule has 0 spiro atoms.